The summed E-state index contributed by atoms with van der Waals surface area (Å²) in [5, 5.41) is 0.714. The molecule has 0 radical (unpaired) electrons. The lowest BCUT2D eigenvalue weighted by atomic mass is 10.1. The number of hydrogen-bond donors (Lipinski definition) is 0. The van der Waals surface area contributed by atoms with Crippen LogP contribution in [0.3, 0.4) is 0 Å². The van der Waals surface area contributed by atoms with Crippen molar-refractivity contribution in [2.75, 3.05) is 0 Å². The fourth-order valence-electron chi connectivity index (χ4n) is 2.49. The van der Waals surface area contributed by atoms with Crippen molar-refractivity contribution in [2.45, 2.75) is 20.0 Å². The summed E-state index contributed by atoms with van der Waals surface area (Å²) >= 11 is 5.84. The largest absolute Gasteiger partial charge is 0.489 e. The molecule has 2 aromatic rings. The molecular formula is C17H15ClO2. The second-order valence-electron chi connectivity index (χ2n) is 5.20. The van der Waals surface area contributed by atoms with Crippen LogP contribution in [0.4, 0.5) is 0 Å². The Morgan fingerprint density at radius 1 is 1.20 bits per heavy atom. The third kappa shape index (κ3) is 2.56. The Kier molecular flexibility index (Phi) is 3.49. The van der Waals surface area contributed by atoms with Crippen LogP contribution in [0.15, 0.2) is 42.5 Å². The number of benzene rings is 2. The average molecular weight is 287 g/mol. The number of Topliss-reactive ketones (excluding diaryl/α,β-unsaturated/α-hetero) is 1. The molecule has 1 atom stereocenters. The number of carbonyl (C=O) groups is 1. The molecule has 0 spiro atoms. The van der Waals surface area contributed by atoms with Gasteiger partial charge >= 0.3 is 0 Å². The SMILES string of the molecule is CC1Cc2ccc(OCc3ccc(Cl)cc3)cc2C1=O. The molecule has 0 fully saturated rings. The molecule has 0 bridgehead atoms. The molecule has 0 aromatic heterocycles. The molecule has 1 aliphatic carbocycles. The van der Waals surface area contributed by atoms with E-state index in [1.165, 1.54) is 0 Å². The number of ether oxygens (including phenoxy) is 1. The van der Waals surface area contributed by atoms with Crippen LogP contribution in [-0.4, -0.2) is 5.78 Å². The van der Waals surface area contributed by atoms with Crippen molar-refractivity contribution in [3.63, 3.8) is 0 Å². The minimum absolute atomic E-state index is 0.0940. The lowest BCUT2D eigenvalue weighted by molar-refractivity contribution is 0.0946. The predicted molar refractivity (Wildman–Crippen MR) is 79.4 cm³/mol. The normalized spacial score (nSPS) is 17.1. The van der Waals surface area contributed by atoms with Crippen LogP contribution >= 0.6 is 11.6 Å². The molecule has 0 amide bonds. The highest BCUT2D eigenvalue weighted by molar-refractivity contribution is 6.30. The zero-order valence-corrected chi connectivity index (χ0v) is 12.0. The highest BCUT2D eigenvalue weighted by Crippen LogP contribution is 2.29. The van der Waals surface area contributed by atoms with Gasteiger partial charge in [-0.1, -0.05) is 36.7 Å². The van der Waals surface area contributed by atoms with Crippen LogP contribution in [-0.2, 0) is 13.0 Å². The van der Waals surface area contributed by atoms with Crippen molar-refractivity contribution in [1.29, 1.82) is 0 Å². The number of carbonyl (C=O) groups excluding carboxylic acids is 1. The van der Waals surface area contributed by atoms with Crippen molar-refractivity contribution < 1.29 is 9.53 Å². The number of rotatable bonds is 3. The van der Waals surface area contributed by atoms with E-state index in [0.717, 1.165) is 28.9 Å². The number of hydrogen-bond acceptors (Lipinski definition) is 2. The summed E-state index contributed by atoms with van der Waals surface area (Å²) in [4.78, 5) is 12.0. The Hall–Kier alpha value is -1.80. The van der Waals surface area contributed by atoms with Crippen LogP contribution in [0.2, 0.25) is 5.02 Å². The quantitative estimate of drug-likeness (QED) is 0.841. The third-order valence-corrected chi connectivity index (χ3v) is 3.89. The summed E-state index contributed by atoms with van der Waals surface area (Å²) in [6, 6.07) is 13.3. The molecule has 0 aliphatic heterocycles. The zero-order chi connectivity index (χ0) is 14.1. The molecular weight excluding hydrogens is 272 g/mol. The molecule has 0 heterocycles. The molecule has 20 heavy (non-hydrogen) atoms. The van der Waals surface area contributed by atoms with Crippen LogP contribution < -0.4 is 4.74 Å². The van der Waals surface area contributed by atoms with E-state index in [9.17, 15) is 4.79 Å². The molecule has 3 heteroatoms. The Balaban J connectivity index is 1.73. The number of halogens is 1. The van der Waals surface area contributed by atoms with E-state index in [-0.39, 0.29) is 11.7 Å². The van der Waals surface area contributed by atoms with Gasteiger partial charge in [0.05, 0.1) is 0 Å². The maximum Gasteiger partial charge on any atom is 0.166 e. The summed E-state index contributed by atoms with van der Waals surface area (Å²) in [6.45, 7) is 2.44. The molecule has 0 saturated carbocycles. The summed E-state index contributed by atoms with van der Waals surface area (Å²) in [5.41, 5.74) is 2.99. The summed E-state index contributed by atoms with van der Waals surface area (Å²) in [7, 11) is 0. The smallest absolute Gasteiger partial charge is 0.166 e. The van der Waals surface area contributed by atoms with Crippen LogP contribution in [0.5, 0.6) is 5.75 Å². The Bertz CT molecular complexity index is 647. The van der Waals surface area contributed by atoms with E-state index < -0.39 is 0 Å². The van der Waals surface area contributed by atoms with Gasteiger partial charge in [0.2, 0.25) is 0 Å². The van der Waals surface area contributed by atoms with Crippen molar-refractivity contribution in [2.24, 2.45) is 5.92 Å². The van der Waals surface area contributed by atoms with Crippen LogP contribution in [0.25, 0.3) is 0 Å². The fraction of sp³-hybridized carbons (Fsp3) is 0.235. The topological polar surface area (TPSA) is 26.3 Å². The maximum absolute atomic E-state index is 12.0. The highest BCUT2D eigenvalue weighted by atomic mass is 35.5. The van der Waals surface area contributed by atoms with E-state index in [0.29, 0.717) is 11.6 Å². The number of ketones is 1. The van der Waals surface area contributed by atoms with Crippen molar-refractivity contribution >= 4 is 17.4 Å². The first-order valence-corrected chi connectivity index (χ1v) is 7.05. The summed E-state index contributed by atoms with van der Waals surface area (Å²) < 4.78 is 5.75. The molecule has 102 valence electrons. The van der Waals surface area contributed by atoms with Gasteiger partial charge in [-0.05, 0) is 41.8 Å². The van der Waals surface area contributed by atoms with Crippen molar-refractivity contribution in [3.8, 4) is 5.75 Å². The van der Waals surface area contributed by atoms with Gasteiger partial charge in [0.25, 0.3) is 0 Å². The standard InChI is InChI=1S/C17H15ClO2/c1-11-8-13-4-7-15(9-16(13)17(11)19)20-10-12-2-5-14(18)6-3-12/h2-7,9,11H,8,10H2,1H3. The first kappa shape index (κ1) is 13.2. The Labute approximate surface area is 123 Å². The molecule has 2 aromatic carbocycles. The van der Waals surface area contributed by atoms with Crippen molar-refractivity contribution in [3.05, 3.63) is 64.2 Å². The highest BCUT2D eigenvalue weighted by Gasteiger charge is 2.26. The van der Waals surface area contributed by atoms with Gasteiger partial charge in [-0.15, -0.1) is 0 Å². The van der Waals surface area contributed by atoms with E-state index in [1.54, 1.807) is 0 Å². The molecule has 0 saturated heterocycles. The monoisotopic (exact) mass is 286 g/mol. The minimum Gasteiger partial charge on any atom is -0.489 e. The third-order valence-electron chi connectivity index (χ3n) is 3.64. The molecule has 0 N–H and O–H groups in total. The van der Waals surface area contributed by atoms with E-state index in [4.69, 9.17) is 16.3 Å². The fourth-order valence-corrected chi connectivity index (χ4v) is 2.61. The lowest BCUT2D eigenvalue weighted by Gasteiger charge is -2.08. The lowest BCUT2D eigenvalue weighted by Crippen LogP contribution is -2.03. The van der Waals surface area contributed by atoms with Gasteiger partial charge < -0.3 is 4.74 Å². The van der Waals surface area contributed by atoms with Gasteiger partial charge in [0.1, 0.15) is 12.4 Å². The predicted octanol–water partition coefficient (Wildman–Crippen LogP) is 4.29. The molecule has 2 nitrogen and oxygen atoms in total. The molecule has 1 aliphatic rings. The first-order valence-electron chi connectivity index (χ1n) is 6.68. The first-order chi connectivity index (χ1) is 9.63. The van der Waals surface area contributed by atoms with E-state index >= 15 is 0 Å². The van der Waals surface area contributed by atoms with Crippen molar-refractivity contribution in [1.82, 2.24) is 0 Å². The molecule has 1 unspecified atom stereocenters. The minimum atomic E-state index is 0.0940. The average Bonchev–Trinajstić information content (AvgIpc) is 2.74. The summed E-state index contributed by atoms with van der Waals surface area (Å²) in [5.74, 6) is 1.05. The van der Waals surface area contributed by atoms with E-state index in [1.807, 2.05) is 49.4 Å². The van der Waals surface area contributed by atoms with Gasteiger partial charge in [0, 0.05) is 16.5 Å². The second-order valence-corrected chi connectivity index (χ2v) is 5.64. The molecule has 3 rings (SSSR count). The number of fused-ring (bicyclic) bond motifs is 1. The summed E-state index contributed by atoms with van der Waals surface area (Å²) in [6.07, 6.45) is 0.839. The zero-order valence-electron chi connectivity index (χ0n) is 11.2. The van der Waals surface area contributed by atoms with Crippen LogP contribution in [0, 0.1) is 5.92 Å². The second kappa shape index (κ2) is 5.29. The van der Waals surface area contributed by atoms with Crippen LogP contribution in [0.1, 0.15) is 28.4 Å². The maximum atomic E-state index is 12.0. The van der Waals surface area contributed by atoms with Gasteiger partial charge in [-0.3, -0.25) is 4.79 Å². The Morgan fingerprint density at radius 3 is 2.70 bits per heavy atom. The van der Waals surface area contributed by atoms with Gasteiger partial charge in [-0.25, -0.2) is 0 Å². The van der Waals surface area contributed by atoms with E-state index in [2.05, 4.69) is 0 Å². The van der Waals surface area contributed by atoms with Gasteiger partial charge in [0.15, 0.2) is 5.78 Å². The van der Waals surface area contributed by atoms with Gasteiger partial charge in [-0.2, -0.15) is 0 Å². The Morgan fingerprint density at radius 2 is 1.95 bits per heavy atom.